The number of aryl methyl sites for hydroxylation is 1. The van der Waals surface area contributed by atoms with E-state index in [1.165, 1.54) is 10.5 Å². The van der Waals surface area contributed by atoms with Crippen LogP contribution in [0.4, 0.5) is 0 Å². The van der Waals surface area contributed by atoms with Crippen LogP contribution in [-0.4, -0.2) is 15.2 Å². The van der Waals surface area contributed by atoms with Crippen molar-refractivity contribution in [2.24, 2.45) is 0 Å². The molecular formula is C12H12N4S. The van der Waals surface area contributed by atoms with E-state index in [-0.39, 0.29) is 6.42 Å². The quantitative estimate of drug-likeness (QED) is 0.839. The van der Waals surface area contributed by atoms with Crippen LogP contribution in [0.2, 0.25) is 0 Å². The zero-order valence-corrected chi connectivity index (χ0v) is 10.3. The predicted octanol–water partition coefficient (Wildman–Crippen LogP) is 2.47. The number of aromatic nitrogens is 3. The van der Waals surface area contributed by atoms with Gasteiger partial charge >= 0.3 is 0 Å². The first-order valence-electron chi connectivity index (χ1n) is 5.24. The minimum absolute atomic E-state index is 0.256. The average Bonchev–Trinajstić information content (AvgIpc) is 2.75. The molecule has 0 bridgehead atoms. The molecule has 1 aromatic carbocycles. The fraction of sp³-hybridized carbons (Fsp3) is 0.250. The number of nitrogens with one attached hydrogen (secondary N) is 1. The van der Waals surface area contributed by atoms with Crippen molar-refractivity contribution < 1.29 is 0 Å². The normalized spacial score (nSPS) is 10.1. The Morgan fingerprint density at radius 1 is 1.47 bits per heavy atom. The van der Waals surface area contributed by atoms with Crippen LogP contribution < -0.4 is 0 Å². The van der Waals surface area contributed by atoms with Gasteiger partial charge in [0, 0.05) is 4.90 Å². The predicted molar refractivity (Wildman–Crippen MR) is 66.4 cm³/mol. The smallest absolute Gasteiger partial charge is 0.164 e. The van der Waals surface area contributed by atoms with E-state index in [9.17, 15) is 0 Å². The van der Waals surface area contributed by atoms with Gasteiger partial charge in [-0.15, -0.1) is 11.8 Å². The lowest BCUT2D eigenvalue weighted by atomic mass is 10.2. The summed E-state index contributed by atoms with van der Waals surface area (Å²) in [6.07, 6.45) is 0.256. The fourth-order valence-electron chi connectivity index (χ4n) is 1.41. The first-order valence-corrected chi connectivity index (χ1v) is 6.23. The van der Waals surface area contributed by atoms with Crippen molar-refractivity contribution in [3.05, 3.63) is 41.5 Å². The fourth-order valence-corrected chi connectivity index (χ4v) is 2.28. The first-order chi connectivity index (χ1) is 8.28. The van der Waals surface area contributed by atoms with Gasteiger partial charge in [0.25, 0.3) is 0 Å². The van der Waals surface area contributed by atoms with Gasteiger partial charge in [0.1, 0.15) is 5.82 Å². The minimum Gasteiger partial charge on any atom is -0.262 e. The first kappa shape index (κ1) is 11.7. The summed E-state index contributed by atoms with van der Waals surface area (Å²) < 4.78 is 0. The summed E-state index contributed by atoms with van der Waals surface area (Å²) in [7, 11) is 0. The number of nitrogens with zero attached hydrogens (tertiary/aromatic N) is 3. The molecule has 0 aliphatic heterocycles. The van der Waals surface area contributed by atoms with Gasteiger partial charge in [-0.05, 0) is 19.1 Å². The number of rotatable bonds is 4. The number of nitriles is 1. The van der Waals surface area contributed by atoms with Gasteiger partial charge in [-0.2, -0.15) is 10.4 Å². The Morgan fingerprint density at radius 2 is 2.35 bits per heavy atom. The number of benzene rings is 1. The molecule has 86 valence electrons. The molecular weight excluding hydrogens is 232 g/mol. The number of thioether (sulfide) groups is 1. The van der Waals surface area contributed by atoms with E-state index in [2.05, 4.69) is 40.3 Å². The summed E-state index contributed by atoms with van der Waals surface area (Å²) in [5.74, 6) is 2.11. The SMILES string of the molecule is Cc1cccc(SCc2nc(CC#N)n[nH]2)c1. The van der Waals surface area contributed by atoms with E-state index in [0.717, 1.165) is 11.6 Å². The van der Waals surface area contributed by atoms with Crippen molar-refractivity contribution in [3.63, 3.8) is 0 Å². The van der Waals surface area contributed by atoms with Crippen LogP contribution in [0.5, 0.6) is 0 Å². The third-order valence-electron chi connectivity index (χ3n) is 2.18. The van der Waals surface area contributed by atoms with Gasteiger partial charge in [0.2, 0.25) is 0 Å². The molecule has 0 spiro atoms. The molecule has 0 unspecified atom stereocenters. The van der Waals surface area contributed by atoms with Crippen LogP contribution >= 0.6 is 11.8 Å². The van der Waals surface area contributed by atoms with Gasteiger partial charge in [-0.1, -0.05) is 17.7 Å². The molecule has 1 heterocycles. The molecule has 0 aliphatic carbocycles. The van der Waals surface area contributed by atoms with E-state index < -0.39 is 0 Å². The van der Waals surface area contributed by atoms with E-state index in [0.29, 0.717) is 5.82 Å². The van der Waals surface area contributed by atoms with Crippen LogP contribution in [-0.2, 0) is 12.2 Å². The Morgan fingerprint density at radius 3 is 3.12 bits per heavy atom. The number of H-pyrrole nitrogens is 1. The summed E-state index contributed by atoms with van der Waals surface area (Å²) in [5.41, 5.74) is 1.25. The number of hydrogen-bond acceptors (Lipinski definition) is 4. The third kappa shape index (κ3) is 3.33. The van der Waals surface area contributed by atoms with Crippen molar-refractivity contribution in [1.82, 2.24) is 15.2 Å². The Balaban J connectivity index is 1.95. The van der Waals surface area contributed by atoms with Crippen LogP contribution in [0.3, 0.4) is 0 Å². The maximum Gasteiger partial charge on any atom is 0.164 e. The highest BCUT2D eigenvalue weighted by Gasteiger charge is 2.03. The second kappa shape index (κ2) is 5.51. The summed E-state index contributed by atoms with van der Waals surface area (Å²) >= 11 is 1.70. The molecule has 0 fully saturated rings. The Kier molecular flexibility index (Phi) is 3.78. The maximum absolute atomic E-state index is 8.52. The van der Waals surface area contributed by atoms with Crippen LogP contribution in [0.25, 0.3) is 0 Å². The standard InChI is InChI=1S/C12H12N4S/c1-9-3-2-4-10(7-9)17-8-12-14-11(5-6-13)15-16-12/h2-4,7H,5,8H2,1H3,(H,14,15,16). The number of hydrogen-bond donors (Lipinski definition) is 1. The lowest BCUT2D eigenvalue weighted by Gasteiger charge is -1.99. The maximum atomic E-state index is 8.52. The molecule has 1 N–H and O–H groups in total. The van der Waals surface area contributed by atoms with E-state index in [1.807, 2.05) is 12.1 Å². The molecule has 0 atom stereocenters. The van der Waals surface area contributed by atoms with Crippen LogP contribution in [0, 0.1) is 18.3 Å². The lowest BCUT2D eigenvalue weighted by molar-refractivity contribution is 0.986. The van der Waals surface area contributed by atoms with Crippen molar-refractivity contribution in [1.29, 1.82) is 5.26 Å². The zero-order chi connectivity index (χ0) is 12.1. The van der Waals surface area contributed by atoms with Crippen molar-refractivity contribution in [3.8, 4) is 6.07 Å². The molecule has 0 saturated heterocycles. The molecule has 17 heavy (non-hydrogen) atoms. The van der Waals surface area contributed by atoms with E-state index in [1.54, 1.807) is 11.8 Å². The van der Waals surface area contributed by atoms with Gasteiger partial charge in [-0.25, -0.2) is 4.98 Å². The monoisotopic (exact) mass is 244 g/mol. The minimum atomic E-state index is 0.256. The lowest BCUT2D eigenvalue weighted by Crippen LogP contribution is -1.86. The summed E-state index contributed by atoms with van der Waals surface area (Å²) in [6.45, 7) is 2.07. The van der Waals surface area contributed by atoms with Gasteiger partial charge in [0.15, 0.2) is 5.82 Å². The van der Waals surface area contributed by atoms with E-state index >= 15 is 0 Å². The van der Waals surface area contributed by atoms with Gasteiger partial charge in [-0.3, -0.25) is 5.10 Å². The third-order valence-corrected chi connectivity index (χ3v) is 3.19. The average molecular weight is 244 g/mol. The largest absolute Gasteiger partial charge is 0.262 e. The second-order valence-electron chi connectivity index (χ2n) is 3.64. The molecule has 1 aromatic heterocycles. The van der Waals surface area contributed by atoms with Crippen molar-refractivity contribution in [2.45, 2.75) is 24.0 Å². The zero-order valence-electron chi connectivity index (χ0n) is 9.47. The Labute approximate surface area is 104 Å². The molecule has 0 saturated carbocycles. The molecule has 2 rings (SSSR count). The highest BCUT2D eigenvalue weighted by Crippen LogP contribution is 2.21. The second-order valence-corrected chi connectivity index (χ2v) is 4.69. The summed E-state index contributed by atoms with van der Waals surface area (Å²) in [6, 6.07) is 10.4. The van der Waals surface area contributed by atoms with E-state index in [4.69, 9.17) is 5.26 Å². The van der Waals surface area contributed by atoms with Gasteiger partial charge < -0.3 is 0 Å². The highest BCUT2D eigenvalue weighted by atomic mass is 32.2. The van der Waals surface area contributed by atoms with Crippen molar-refractivity contribution in [2.75, 3.05) is 0 Å². The topological polar surface area (TPSA) is 65.4 Å². The van der Waals surface area contributed by atoms with Crippen LogP contribution in [0.1, 0.15) is 17.2 Å². The summed E-state index contributed by atoms with van der Waals surface area (Å²) in [4.78, 5) is 5.44. The molecule has 0 radical (unpaired) electrons. The molecule has 0 amide bonds. The molecule has 2 aromatic rings. The molecule has 0 aliphatic rings. The Bertz CT molecular complexity index is 541. The highest BCUT2D eigenvalue weighted by molar-refractivity contribution is 7.98. The van der Waals surface area contributed by atoms with Gasteiger partial charge in [0.05, 0.1) is 18.2 Å². The Hall–Kier alpha value is -1.80. The van der Waals surface area contributed by atoms with Crippen LogP contribution in [0.15, 0.2) is 29.2 Å². The number of aromatic amines is 1. The van der Waals surface area contributed by atoms with Crippen molar-refractivity contribution >= 4 is 11.8 Å². The molecule has 5 heteroatoms. The summed E-state index contributed by atoms with van der Waals surface area (Å²) in [5, 5.41) is 15.3. The molecule has 4 nitrogen and oxygen atoms in total.